The molecule has 2 fully saturated rings. The minimum Gasteiger partial charge on any atom is -0.454 e. The summed E-state index contributed by atoms with van der Waals surface area (Å²) in [6.07, 6.45) is 12.7. The minimum atomic E-state index is -0.747. The number of piperidine rings is 1. The molecule has 2 heterocycles. The first kappa shape index (κ1) is 26.1. The second-order valence-electron chi connectivity index (χ2n) is 9.41. The van der Waals surface area contributed by atoms with E-state index in [9.17, 15) is 14.4 Å². The second kappa shape index (κ2) is 13.4. The molecule has 2 aliphatic rings. The Balaban J connectivity index is 1.51. The van der Waals surface area contributed by atoms with Gasteiger partial charge in [0.25, 0.3) is 0 Å². The number of hydrogen-bond donors (Lipinski definition) is 3. The van der Waals surface area contributed by atoms with Crippen LogP contribution in [0, 0.1) is 17.2 Å². The number of thiazole rings is 1. The van der Waals surface area contributed by atoms with Crippen molar-refractivity contribution < 1.29 is 14.4 Å². The van der Waals surface area contributed by atoms with Crippen LogP contribution in [0.25, 0.3) is 5.32 Å². The van der Waals surface area contributed by atoms with Gasteiger partial charge >= 0.3 is 0 Å². The number of nitrogens with one attached hydrogen (secondary N) is 2. The number of rotatable bonds is 12. The molecule has 9 nitrogen and oxygen atoms in total. The average Bonchev–Trinajstić information content (AvgIpc) is 3.37. The van der Waals surface area contributed by atoms with Crippen molar-refractivity contribution in [3.63, 3.8) is 0 Å². The highest BCUT2D eigenvalue weighted by atomic mass is 32.1. The predicted molar refractivity (Wildman–Crippen MR) is 133 cm³/mol. The molecule has 0 aromatic carbocycles. The smallest absolute Gasteiger partial charge is 0.240 e. The lowest BCUT2D eigenvalue weighted by atomic mass is 9.82. The third-order valence-electron chi connectivity index (χ3n) is 6.85. The number of amides is 2. The zero-order valence-electron chi connectivity index (χ0n) is 19.8. The summed E-state index contributed by atoms with van der Waals surface area (Å²) in [4.78, 5) is 44.5. The van der Waals surface area contributed by atoms with Gasteiger partial charge in [0.15, 0.2) is 5.01 Å². The van der Waals surface area contributed by atoms with Crippen LogP contribution in [0.3, 0.4) is 0 Å². The van der Waals surface area contributed by atoms with Gasteiger partial charge < -0.3 is 26.7 Å². The molecule has 34 heavy (non-hydrogen) atoms. The van der Waals surface area contributed by atoms with Gasteiger partial charge in [-0.3, -0.25) is 14.4 Å². The molecule has 1 unspecified atom stereocenters. The Labute approximate surface area is 205 Å². The Hall–Kier alpha value is -2.49. The molecule has 10 heteroatoms. The van der Waals surface area contributed by atoms with Crippen molar-refractivity contribution >= 4 is 34.9 Å². The highest BCUT2D eigenvalue weighted by Gasteiger charge is 2.31. The van der Waals surface area contributed by atoms with Crippen molar-refractivity contribution in [2.24, 2.45) is 17.6 Å². The zero-order valence-corrected chi connectivity index (χ0v) is 20.7. The predicted octanol–water partition coefficient (Wildman–Crippen LogP) is 3.46. The summed E-state index contributed by atoms with van der Waals surface area (Å²) in [5.41, 5.74) is 5.25. The largest absolute Gasteiger partial charge is 0.454 e. The van der Waals surface area contributed by atoms with E-state index in [2.05, 4.69) is 15.6 Å². The number of nitrogens with two attached hydrogens (primary N) is 1. The molecule has 1 aromatic heterocycles. The number of guanidine groups is 1. The molecule has 1 saturated carbocycles. The van der Waals surface area contributed by atoms with Crippen LogP contribution >= 0.6 is 11.3 Å². The highest BCUT2D eigenvalue weighted by molar-refractivity contribution is 7.11. The van der Waals surface area contributed by atoms with Gasteiger partial charge in [-0.1, -0.05) is 32.1 Å². The summed E-state index contributed by atoms with van der Waals surface area (Å²) in [6.45, 7) is 0.854. The summed E-state index contributed by atoms with van der Waals surface area (Å²) in [5, 5.41) is 15.9. The first-order valence-electron chi connectivity index (χ1n) is 12.5. The monoisotopic (exact) mass is 489 g/mol. The SMILES string of the molecule is N=C(N)[N-]CCC[C@H](NC(=O)CN1CCCC(CCC2CCCCC2)C1=O)C(=O)c1nccs1. The van der Waals surface area contributed by atoms with Gasteiger partial charge in [-0.2, -0.15) is 0 Å². The molecule has 1 aliphatic carbocycles. The maximum absolute atomic E-state index is 13.0. The van der Waals surface area contributed by atoms with Gasteiger partial charge in [-0.15, -0.1) is 11.3 Å². The number of carbonyl (C=O) groups is 3. The first-order valence-corrected chi connectivity index (χ1v) is 13.4. The third-order valence-corrected chi connectivity index (χ3v) is 7.64. The van der Waals surface area contributed by atoms with Crippen molar-refractivity contribution in [1.29, 1.82) is 5.41 Å². The van der Waals surface area contributed by atoms with Crippen molar-refractivity contribution in [3.8, 4) is 0 Å². The Morgan fingerprint density at radius 3 is 2.74 bits per heavy atom. The third kappa shape index (κ3) is 8.07. The van der Waals surface area contributed by atoms with Gasteiger partial charge in [0.2, 0.25) is 17.6 Å². The summed E-state index contributed by atoms with van der Waals surface area (Å²) >= 11 is 1.23. The standard InChI is InChI=1S/C24H38N6O3S/c25-24(26)28-12-4-9-19(21(32)22-27-13-15-34-22)29-20(31)16-30-14-5-8-18(23(30)33)11-10-17-6-2-1-3-7-17/h13,15,17-19H,1-12,14,16H2,(H5,25,26,28,29,31)/p-1/t18?,19-/m0/s1. The molecule has 3 rings (SSSR count). The van der Waals surface area contributed by atoms with Crippen LogP contribution in [0.4, 0.5) is 0 Å². The van der Waals surface area contributed by atoms with E-state index in [0.29, 0.717) is 30.9 Å². The van der Waals surface area contributed by atoms with E-state index >= 15 is 0 Å². The number of Topliss-reactive ketones (excluding diaryl/α,β-unsaturated/α-hetero) is 1. The first-order chi connectivity index (χ1) is 16.4. The Kier molecular flexibility index (Phi) is 10.3. The molecule has 2 atom stereocenters. The quantitative estimate of drug-likeness (QED) is 0.178. The van der Waals surface area contributed by atoms with E-state index in [1.165, 1.54) is 43.4 Å². The summed E-state index contributed by atoms with van der Waals surface area (Å²) < 4.78 is 0. The minimum absolute atomic E-state index is 0.00409. The molecule has 1 saturated heterocycles. The molecule has 0 spiro atoms. The lowest BCUT2D eigenvalue weighted by molar-refractivity contribution is -0.142. The van der Waals surface area contributed by atoms with Crippen molar-refractivity contribution in [1.82, 2.24) is 15.2 Å². The lowest BCUT2D eigenvalue weighted by Gasteiger charge is -2.33. The summed E-state index contributed by atoms with van der Waals surface area (Å²) in [6, 6.07) is -0.747. The molecular weight excluding hydrogens is 452 g/mol. The van der Waals surface area contributed by atoms with Crippen LogP contribution in [-0.2, 0) is 9.59 Å². The number of aromatic nitrogens is 1. The number of ketones is 1. The normalized spacial score (nSPS) is 20.1. The number of nitrogens with zero attached hydrogens (tertiary/aromatic N) is 3. The van der Waals surface area contributed by atoms with Crippen LogP contribution < -0.4 is 11.1 Å². The molecule has 2 amide bonds. The van der Waals surface area contributed by atoms with Crippen molar-refractivity contribution in [2.45, 2.75) is 76.7 Å². The average molecular weight is 490 g/mol. The van der Waals surface area contributed by atoms with Gasteiger partial charge in [-0.05, 0) is 56.9 Å². The Morgan fingerprint density at radius 2 is 2.03 bits per heavy atom. The molecule has 4 N–H and O–H groups in total. The Morgan fingerprint density at radius 1 is 1.24 bits per heavy atom. The van der Waals surface area contributed by atoms with E-state index < -0.39 is 6.04 Å². The van der Waals surface area contributed by atoms with Crippen LogP contribution in [0.15, 0.2) is 11.6 Å². The molecule has 1 aromatic rings. The van der Waals surface area contributed by atoms with Crippen LogP contribution in [-0.4, -0.2) is 59.1 Å². The van der Waals surface area contributed by atoms with Gasteiger partial charge in [0, 0.05) is 24.0 Å². The number of likely N-dealkylation sites (tertiary alicyclic amines) is 1. The topological polar surface area (TPSA) is 143 Å². The van der Waals surface area contributed by atoms with E-state index in [-0.39, 0.29) is 36.0 Å². The van der Waals surface area contributed by atoms with Gasteiger partial charge in [0.1, 0.15) is 0 Å². The van der Waals surface area contributed by atoms with Crippen molar-refractivity contribution in [2.75, 3.05) is 19.6 Å². The molecule has 188 valence electrons. The highest BCUT2D eigenvalue weighted by Crippen LogP contribution is 2.31. The molecule has 0 bridgehead atoms. The van der Waals surface area contributed by atoms with Crippen LogP contribution in [0.5, 0.6) is 0 Å². The van der Waals surface area contributed by atoms with Crippen LogP contribution in [0.1, 0.15) is 80.4 Å². The van der Waals surface area contributed by atoms with E-state index in [4.69, 9.17) is 11.1 Å². The fraction of sp³-hybridized carbons (Fsp3) is 0.708. The fourth-order valence-corrected chi connectivity index (χ4v) is 5.66. The van der Waals surface area contributed by atoms with Crippen LogP contribution in [0.2, 0.25) is 0 Å². The number of carbonyl (C=O) groups excluding carboxylic acids is 3. The maximum atomic E-state index is 13.0. The van der Waals surface area contributed by atoms with E-state index in [0.717, 1.165) is 31.6 Å². The Bertz CT molecular complexity index is 825. The van der Waals surface area contributed by atoms with Crippen molar-refractivity contribution in [3.05, 3.63) is 21.9 Å². The second-order valence-corrected chi connectivity index (χ2v) is 10.3. The molecule has 1 aliphatic heterocycles. The summed E-state index contributed by atoms with van der Waals surface area (Å²) in [5.74, 6) is -0.0213. The fourth-order valence-electron chi connectivity index (χ4n) is 5.03. The summed E-state index contributed by atoms with van der Waals surface area (Å²) in [7, 11) is 0. The zero-order chi connectivity index (χ0) is 24.3. The molecule has 0 radical (unpaired) electrons. The van der Waals surface area contributed by atoms with E-state index in [1.807, 2.05) is 0 Å². The number of hydrogen-bond acceptors (Lipinski definition) is 6. The van der Waals surface area contributed by atoms with E-state index in [1.54, 1.807) is 16.5 Å². The van der Waals surface area contributed by atoms with Gasteiger partial charge in [0.05, 0.1) is 12.6 Å². The molecular formula is C24H37N6O3S-. The van der Waals surface area contributed by atoms with Gasteiger partial charge in [-0.25, -0.2) is 4.98 Å². The lowest BCUT2D eigenvalue weighted by Crippen LogP contribution is -2.49. The maximum Gasteiger partial charge on any atom is 0.240 e.